The number of ether oxygens (including phenoxy) is 1. The van der Waals surface area contributed by atoms with Crippen molar-refractivity contribution in [1.82, 2.24) is 0 Å². The summed E-state index contributed by atoms with van der Waals surface area (Å²) in [5.41, 5.74) is 6.15. The Hall–Kier alpha value is -0.850. The Morgan fingerprint density at radius 2 is 2.43 bits per heavy atom. The molecule has 78 valence electrons. The zero-order valence-corrected chi connectivity index (χ0v) is 9.43. The van der Waals surface area contributed by atoms with Crippen molar-refractivity contribution in [3.8, 4) is 0 Å². The minimum absolute atomic E-state index is 0.347. The molecule has 1 rings (SSSR count). The lowest BCUT2D eigenvalue weighted by Gasteiger charge is -2.18. The highest BCUT2D eigenvalue weighted by atomic mass is 79.9. The molecule has 0 radical (unpaired) electrons. The molecule has 0 aromatic carbocycles. The van der Waals surface area contributed by atoms with Crippen molar-refractivity contribution in [2.45, 2.75) is 6.92 Å². The summed E-state index contributed by atoms with van der Waals surface area (Å²) >= 11 is 3.22. The van der Waals surface area contributed by atoms with Crippen molar-refractivity contribution in [1.29, 1.82) is 0 Å². The molecule has 1 aliphatic heterocycles. The molecule has 1 heterocycles. The zero-order chi connectivity index (χ0) is 10.7. The van der Waals surface area contributed by atoms with Gasteiger partial charge in [0, 0.05) is 0 Å². The Morgan fingerprint density at radius 1 is 1.79 bits per heavy atom. The van der Waals surface area contributed by atoms with Crippen LogP contribution in [0.1, 0.15) is 6.92 Å². The number of esters is 1. The van der Waals surface area contributed by atoms with Crippen LogP contribution in [0, 0.1) is 0 Å². The van der Waals surface area contributed by atoms with Crippen molar-refractivity contribution in [2.24, 2.45) is 11.6 Å². The summed E-state index contributed by atoms with van der Waals surface area (Å²) in [6, 6.07) is 0. The number of carbonyl (C=O) groups is 1. The molecular formula is C8H13BrN3O2+. The molecule has 5 N–H and O–H groups in total. The molecule has 0 aliphatic carbocycles. The lowest BCUT2D eigenvalue weighted by molar-refractivity contribution is -0.870. The predicted octanol–water partition coefficient (Wildman–Crippen LogP) is -1.23. The third kappa shape index (κ3) is 2.34. The Balaban J connectivity index is 2.83. The standard InChI is InChI=1S/C8H12BrN3O2/c1-2-14-8(13)5-3-6(9)7(10)12(11)4-5/h3H,2,4,10-11H2,1H3/p+1. The number of carbonyl (C=O) groups excluding carboxylic acids is 1. The van der Waals surface area contributed by atoms with Gasteiger partial charge in [-0.3, -0.25) is 0 Å². The predicted molar refractivity (Wildman–Crippen MR) is 54.9 cm³/mol. The van der Waals surface area contributed by atoms with Crippen LogP contribution in [0.3, 0.4) is 0 Å². The fraction of sp³-hybridized carbons (Fsp3) is 0.375. The molecule has 0 spiro atoms. The molecule has 0 fully saturated rings. The van der Waals surface area contributed by atoms with Crippen molar-refractivity contribution >= 4 is 21.9 Å². The summed E-state index contributed by atoms with van der Waals surface area (Å²) in [6.07, 6.45) is 1.64. The number of nitrogens with one attached hydrogen (secondary N) is 1. The smallest absolute Gasteiger partial charge is 0.339 e. The summed E-state index contributed by atoms with van der Waals surface area (Å²) in [4.78, 5) is 11.4. The van der Waals surface area contributed by atoms with E-state index in [-0.39, 0.29) is 5.97 Å². The molecule has 0 saturated carbocycles. The van der Waals surface area contributed by atoms with Crippen molar-refractivity contribution in [3.05, 3.63) is 22.0 Å². The Bertz CT molecular complexity index is 312. The lowest BCUT2D eigenvalue weighted by Crippen LogP contribution is -3.17. The fourth-order valence-corrected chi connectivity index (χ4v) is 1.62. The first-order valence-corrected chi connectivity index (χ1v) is 5.00. The third-order valence-corrected chi connectivity index (χ3v) is 2.48. The molecule has 0 aromatic heterocycles. The van der Waals surface area contributed by atoms with E-state index in [9.17, 15) is 4.79 Å². The molecule has 1 atom stereocenters. The van der Waals surface area contributed by atoms with E-state index in [0.717, 1.165) is 0 Å². The highest BCUT2D eigenvalue weighted by Gasteiger charge is 2.24. The second-order valence-corrected chi connectivity index (χ2v) is 3.71. The van der Waals surface area contributed by atoms with Crippen LogP contribution in [0.4, 0.5) is 0 Å². The maximum Gasteiger partial charge on any atom is 0.339 e. The molecule has 14 heavy (non-hydrogen) atoms. The van der Waals surface area contributed by atoms with Crippen LogP contribution in [0.2, 0.25) is 0 Å². The van der Waals surface area contributed by atoms with Gasteiger partial charge >= 0.3 is 5.97 Å². The van der Waals surface area contributed by atoms with Gasteiger partial charge in [-0.25, -0.2) is 9.80 Å². The average Bonchev–Trinajstić information content (AvgIpc) is 2.13. The number of halogens is 1. The largest absolute Gasteiger partial charge is 0.462 e. The van der Waals surface area contributed by atoms with Gasteiger partial charge in [-0.2, -0.15) is 5.84 Å². The maximum atomic E-state index is 11.4. The molecule has 6 heteroatoms. The second kappa shape index (κ2) is 4.59. The van der Waals surface area contributed by atoms with E-state index in [1.807, 2.05) is 0 Å². The SMILES string of the molecule is CCOC(=O)C1=CC(Br)=C(N)[NH+](N)C1. The van der Waals surface area contributed by atoms with Gasteiger partial charge < -0.3 is 10.5 Å². The van der Waals surface area contributed by atoms with E-state index >= 15 is 0 Å². The molecule has 5 nitrogen and oxygen atoms in total. The fourth-order valence-electron chi connectivity index (χ4n) is 1.09. The minimum atomic E-state index is -0.347. The van der Waals surface area contributed by atoms with Gasteiger partial charge in [0.25, 0.3) is 0 Å². The van der Waals surface area contributed by atoms with Gasteiger partial charge in [0.05, 0.1) is 16.7 Å². The van der Waals surface area contributed by atoms with E-state index < -0.39 is 0 Å². The number of rotatable bonds is 2. The minimum Gasteiger partial charge on any atom is -0.462 e. The maximum absolute atomic E-state index is 11.4. The number of quaternary nitrogens is 1. The highest BCUT2D eigenvalue weighted by Crippen LogP contribution is 2.13. The quantitative estimate of drug-likeness (QED) is 0.430. The van der Waals surface area contributed by atoms with E-state index in [1.54, 1.807) is 13.0 Å². The lowest BCUT2D eigenvalue weighted by atomic mass is 10.2. The number of hydrogen-bond acceptors (Lipinski definition) is 4. The average molecular weight is 263 g/mol. The topological polar surface area (TPSA) is 82.8 Å². The molecule has 1 unspecified atom stereocenters. The van der Waals surface area contributed by atoms with Crippen LogP contribution in [-0.4, -0.2) is 19.1 Å². The van der Waals surface area contributed by atoms with Gasteiger partial charge in [-0.05, 0) is 28.9 Å². The number of hydrogen-bond donors (Lipinski definition) is 3. The van der Waals surface area contributed by atoms with Crippen LogP contribution in [-0.2, 0) is 9.53 Å². The summed E-state index contributed by atoms with van der Waals surface area (Å²) in [5.74, 6) is 5.79. The van der Waals surface area contributed by atoms with E-state index in [2.05, 4.69) is 15.9 Å². The first-order chi connectivity index (χ1) is 6.56. The van der Waals surface area contributed by atoms with Gasteiger partial charge in [-0.1, -0.05) is 0 Å². The first-order valence-electron chi connectivity index (χ1n) is 4.20. The van der Waals surface area contributed by atoms with Gasteiger partial charge in [-0.15, -0.1) is 0 Å². The molecule has 0 saturated heterocycles. The van der Waals surface area contributed by atoms with E-state index in [4.69, 9.17) is 16.3 Å². The van der Waals surface area contributed by atoms with Crippen LogP contribution < -0.4 is 16.6 Å². The Labute approximate surface area is 90.5 Å². The molecular weight excluding hydrogens is 250 g/mol. The van der Waals surface area contributed by atoms with Crippen LogP contribution in [0.5, 0.6) is 0 Å². The molecule has 0 amide bonds. The summed E-state index contributed by atoms with van der Waals surface area (Å²) in [7, 11) is 0. The summed E-state index contributed by atoms with van der Waals surface area (Å²) in [5, 5.41) is 0.488. The van der Waals surface area contributed by atoms with Crippen LogP contribution in [0.15, 0.2) is 22.0 Å². The Kier molecular flexibility index (Phi) is 3.68. The second-order valence-electron chi connectivity index (χ2n) is 2.85. The van der Waals surface area contributed by atoms with E-state index in [1.165, 1.54) is 0 Å². The first kappa shape index (κ1) is 11.2. The molecule has 0 bridgehead atoms. The highest BCUT2D eigenvalue weighted by molar-refractivity contribution is 9.11. The van der Waals surface area contributed by atoms with Gasteiger partial charge in [0.15, 0.2) is 0 Å². The van der Waals surface area contributed by atoms with Gasteiger partial charge in [0.1, 0.15) is 6.54 Å². The van der Waals surface area contributed by atoms with E-state index in [0.29, 0.717) is 34.0 Å². The van der Waals surface area contributed by atoms with Crippen LogP contribution >= 0.6 is 15.9 Å². The summed E-state index contributed by atoms with van der Waals surface area (Å²) < 4.78 is 5.48. The molecule has 1 aliphatic rings. The van der Waals surface area contributed by atoms with Crippen molar-refractivity contribution in [3.63, 3.8) is 0 Å². The van der Waals surface area contributed by atoms with Gasteiger partial charge in [0.2, 0.25) is 5.82 Å². The van der Waals surface area contributed by atoms with Crippen molar-refractivity contribution in [2.75, 3.05) is 13.2 Å². The normalized spacial score (nSPS) is 21.9. The monoisotopic (exact) mass is 262 g/mol. The number of nitrogens with two attached hydrogens (primary N) is 2. The zero-order valence-electron chi connectivity index (χ0n) is 7.84. The third-order valence-electron chi connectivity index (χ3n) is 1.82. The number of allylic oxidation sites excluding steroid dienone is 2. The molecule has 0 aromatic rings. The van der Waals surface area contributed by atoms with Crippen LogP contribution in [0.25, 0.3) is 0 Å². The van der Waals surface area contributed by atoms with Crippen molar-refractivity contribution < 1.29 is 14.5 Å². The Morgan fingerprint density at radius 3 is 2.93 bits per heavy atom. The summed E-state index contributed by atoms with van der Waals surface area (Å²) in [6.45, 7) is 2.46.